The third-order valence-electron chi connectivity index (χ3n) is 2.93. The summed E-state index contributed by atoms with van der Waals surface area (Å²) in [5, 5.41) is 8.41. The number of ether oxygens (including phenoxy) is 1. The van der Waals surface area contributed by atoms with Crippen LogP contribution in [0, 0.1) is 0 Å². The largest absolute Gasteiger partial charge is 0.484 e. The topological polar surface area (TPSA) is 79.5 Å². The second kappa shape index (κ2) is 7.64. The fourth-order valence-electron chi connectivity index (χ4n) is 1.69. The van der Waals surface area contributed by atoms with Crippen LogP contribution < -0.4 is 20.7 Å². The van der Waals surface area contributed by atoms with Crippen LogP contribution in [-0.2, 0) is 9.59 Å². The molecule has 6 heteroatoms. The summed E-state index contributed by atoms with van der Waals surface area (Å²) in [4.78, 5) is 23.3. The van der Waals surface area contributed by atoms with E-state index in [-0.39, 0.29) is 18.4 Å². The van der Waals surface area contributed by atoms with E-state index in [0.29, 0.717) is 18.0 Å². The Balaban J connectivity index is 2.68. The van der Waals surface area contributed by atoms with E-state index in [0.717, 1.165) is 0 Å². The molecule has 0 unspecified atom stereocenters. The van der Waals surface area contributed by atoms with E-state index in [9.17, 15) is 9.59 Å². The Hall–Kier alpha value is -2.08. The highest BCUT2D eigenvalue weighted by Crippen LogP contribution is 2.18. The van der Waals surface area contributed by atoms with E-state index in [1.807, 2.05) is 20.8 Å². The van der Waals surface area contributed by atoms with Crippen LogP contribution in [0.5, 0.6) is 5.75 Å². The van der Waals surface area contributed by atoms with Crippen LogP contribution in [0.4, 0.5) is 5.69 Å². The molecule has 0 spiro atoms. The molecule has 0 bridgehead atoms. The van der Waals surface area contributed by atoms with Gasteiger partial charge < -0.3 is 20.7 Å². The Kier molecular flexibility index (Phi) is 6.17. The molecule has 2 amide bonds. The molecule has 6 nitrogen and oxygen atoms in total. The number of carbonyl (C=O) groups is 2. The zero-order valence-corrected chi connectivity index (χ0v) is 12.9. The minimum Gasteiger partial charge on any atom is -0.484 e. The van der Waals surface area contributed by atoms with Crippen LogP contribution in [0.25, 0.3) is 0 Å². The smallest absolute Gasteiger partial charge is 0.257 e. The Morgan fingerprint density at radius 1 is 1.29 bits per heavy atom. The van der Waals surface area contributed by atoms with Gasteiger partial charge in [-0.05, 0) is 32.5 Å². The second-order valence-corrected chi connectivity index (χ2v) is 5.10. The molecule has 3 N–H and O–H groups in total. The molecule has 1 aromatic carbocycles. The number of likely N-dealkylation sites (N-methyl/N-ethyl adjacent to an activating group) is 2. The summed E-state index contributed by atoms with van der Waals surface area (Å²) in [5.41, 5.74) is -0.0337. The average molecular weight is 293 g/mol. The molecule has 116 valence electrons. The maximum Gasteiger partial charge on any atom is 0.257 e. The highest BCUT2D eigenvalue weighted by Gasteiger charge is 2.26. The standard InChI is InChI=1S/C15H23N3O3/c1-5-17-15(2,3)14(20)18-11-7-6-8-12(9-11)21-10-13(19)16-4/h6-9,17H,5,10H2,1-4H3,(H,16,19)(H,18,20). The van der Waals surface area contributed by atoms with E-state index < -0.39 is 5.54 Å². The van der Waals surface area contributed by atoms with Gasteiger partial charge >= 0.3 is 0 Å². The van der Waals surface area contributed by atoms with E-state index in [4.69, 9.17) is 4.74 Å². The number of benzene rings is 1. The highest BCUT2D eigenvalue weighted by atomic mass is 16.5. The van der Waals surface area contributed by atoms with Crippen molar-refractivity contribution >= 4 is 17.5 Å². The quantitative estimate of drug-likeness (QED) is 0.704. The predicted molar refractivity (Wildman–Crippen MR) is 82.4 cm³/mol. The SMILES string of the molecule is CCNC(C)(C)C(=O)Nc1cccc(OCC(=O)NC)c1. The lowest BCUT2D eigenvalue weighted by Crippen LogP contribution is -2.49. The van der Waals surface area contributed by atoms with Gasteiger partial charge in [-0.15, -0.1) is 0 Å². The molecule has 1 rings (SSSR count). The predicted octanol–water partition coefficient (Wildman–Crippen LogP) is 1.14. The molecule has 0 fully saturated rings. The fraction of sp³-hybridized carbons (Fsp3) is 0.467. The van der Waals surface area contributed by atoms with Gasteiger partial charge in [0.25, 0.3) is 5.91 Å². The molecule has 21 heavy (non-hydrogen) atoms. The van der Waals surface area contributed by atoms with Gasteiger partial charge in [0, 0.05) is 18.8 Å². The first-order valence-corrected chi connectivity index (χ1v) is 6.89. The van der Waals surface area contributed by atoms with Crippen LogP contribution >= 0.6 is 0 Å². The second-order valence-electron chi connectivity index (χ2n) is 5.10. The van der Waals surface area contributed by atoms with Gasteiger partial charge in [-0.3, -0.25) is 9.59 Å². The molecule has 0 aliphatic carbocycles. The summed E-state index contributed by atoms with van der Waals surface area (Å²) in [6, 6.07) is 6.94. The van der Waals surface area contributed by atoms with Gasteiger partial charge in [-0.2, -0.15) is 0 Å². The first-order valence-electron chi connectivity index (χ1n) is 6.89. The Bertz CT molecular complexity index is 501. The summed E-state index contributed by atoms with van der Waals surface area (Å²) >= 11 is 0. The third kappa shape index (κ3) is 5.43. The van der Waals surface area contributed by atoms with Gasteiger partial charge in [0.1, 0.15) is 5.75 Å². The van der Waals surface area contributed by atoms with Crippen LogP contribution in [0.2, 0.25) is 0 Å². The maximum atomic E-state index is 12.2. The number of carbonyl (C=O) groups excluding carboxylic acids is 2. The van der Waals surface area contributed by atoms with Crippen molar-refractivity contribution in [2.75, 3.05) is 25.5 Å². The normalized spacial score (nSPS) is 10.9. The van der Waals surface area contributed by atoms with Crippen LogP contribution in [0.15, 0.2) is 24.3 Å². The van der Waals surface area contributed by atoms with E-state index in [1.165, 1.54) is 0 Å². The maximum absolute atomic E-state index is 12.2. The number of hydrogen-bond acceptors (Lipinski definition) is 4. The summed E-state index contributed by atoms with van der Waals surface area (Å²) < 4.78 is 5.34. The molecule has 0 heterocycles. The minimum absolute atomic E-state index is 0.0587. The van der Waals surface area contributed by atoms with Crippen molar-refractivity contribution in [1.82, 2.24) is 10.6 Å². The Morgan fingerprint density at radius 3 is 2.62 bits per heavy atom. The van der Waals surface area contributed by atoms with E-state index >= 15 is 0 Å². The van der Waals surface area contributed by atoms with Crippen molar-refractivity contribution in [3.05, 3.63) is 24.3 Å². The summed E-state index contributed by atoms with van der Waals surface area (Å²) in [7, 11) is 1.55. The lowest BCUT2D eigenvalue weighted by molar-refractivity contribution is -0.122. The summed E-state index contributed by atoms with van der Waals surface area (Å²) in [6.07, 6.45) is 0. The van der Waals surface area contributed by atoms with Crippen molar-refractivity contribution in [3.8, 4) is 5.75 Å². The average Bonchev–Trinajstić information content (AvgIpc) is 2.45. The molecule has 0 aromatic heterocycles. The van der Waals surface area contributed by atoms with Gasteiger partial charge in [0.15, 0.2) is 6.61 Å². The third-order valence-corrected chi connectivity index (χ3v) is 2.93. The van der Waals surface area contributed by atoms with Crippen molar-refractivity contribution in [1.29, 1.82) is 0 Å². The minimum atomic E-state index is -0.659. The first kappa shape index (κ1) is 17.0. The number of amides is 2. The van der Waals surface area contributed by atoms with Gasteiger partial charge in [0.2, 0.25) is 5.91 Å². The zero-order valence-electron chi connectivity index (χ0n) is 12.9. The fourth-order valence-corrected chi connectivity index (χ4v) is 1.69. The number of anilines is 1. The summed E-state index contributed by atoms with van der Waals surface area (Å²) in [6.45, 7) is 6.23. The lowest BCUT2D eigenvalue weighted by Gasteiger charge is -2.24. The monoisotopic (exact) mass is 293 g/mol. The molecule has 0 saturated heterocycles. The van der Waals surface area contributed by atoms with Gasteiger partial charge in [-0.1, -0.05) is 13.0 Å². The lowest BCUT2D eigenvalue weighted by atomic mass is 10.0. The molecule has 0 saturated carbocycles. The first-order chi connectivity index (χ1) is 9.89. The van der Waals surface area contributed by atoms with E-state index in [1.54, 1.807) is 31.3 Å². The molecule has 0 aliphatic rings. The molecule has 0 atom stereocenters. The van der Waals surface area contributed by atoms with Crippen molar-refractivity contribution < 1.29 is 14.3 Å². The van der Waals surface area contributed by atoms with Gasteiger partial charge in [-0.25, -0.2) is 0 Å². The molecule has 0 radical (unpaired) electrons. The summed E-state index contributed by atoms with van der Waals surface area (Å²) in [5.74, 6) is 0.183. The van der Waals surface area contributed by atoms with Gasteiger partial charge in [0.05, 0.1) is 5.54 Å². The Labute approximate surface area is 125 Å². The zero-order chi connectivity index (χ0) is 15.9. The van der Waals surface area contributed by atoms with Crippen molar-refractivity contribution in [3.63, 3.8) is 0 Å². The number of rotatable bonds is 7. The number of nitrogens with one attached hydrogen (secondary N) is 3. The molecule has 0 aliphatic heterocycles. The van der Waals surface area contributed by atoms with Crippen LogP contribution in [0.3, 0.4) is 0 Å². The van der Waals surface area contributed by atoms with Crippen LogP contribution in [0.1, 0.15) is 20.8 Å². The Morgan fingerprint density at radius 2 is 2.00 bits per heavy atom. The molecular weight excluding hydrogens is 270 g/mol. The highest BCUT2D eigenvalue weighted by molar-refractivity contribution is 5.97. The number of hydrogen-bond donors (Lipinski definition) is 3. The van der Waals surface area contributed by atoms with Crippen molar-refractivity contribution in [2.45, 2.75) is 26.3 Å². The molecular formula is C15H23N3O3. The van der Waals surface area contributed by atoms with Crippen LogP contribution in [-0.4, -0.2) is 37.6 Å². The van der Waals surface area contributed by atoms with E-state index in [2.05, 4.69) is 16.0 Å². The molecule has 1 aromatic rings. The van der Waals surface area contributed by atoms with Crippen molar-refractivity contribution in [2.24, 2.45) is 0 Å².